The number of aryl methyl sites for hydroxylation is 1. The fraction of sp³-hybridized carbons (Fsp3) is 0.125. The van der Waals surface area contributed by atoms with Crippen molar-refractivity contribution in [3.05, 3.63) is 58.2 Å². The molecule has 0 bridgehead atoms. The summed E-state index contributed by atoms with van der Waals surface area (Å²) in [5, 5.41) is 10.7. The average Bonchev–Trinajstić information content (AvgIpc) is 2.56. The van der Waals surface area contributed by atoms with E-state index in [4.69, 9.17) is 9.47 Å². The number of rotatable bonds is 4. The Morgan fingerprint density at radius 2 is 1.96 bits per heavy atom. The number of hydrogen-bond acceptors (Lipinski definition) is 6. The van der Waals surface area contributed by atoms with Crippen LogP contribution in [0.4, 0.5) is 10.1 Å². The number of halogens is 1. The molecule has 0 aliphatic heterocycles. The van der Waals surface area contributed by atoms with E-state index in [1.165, 1.54) is 25.4 Å². The van der Waals surface area contributed by atoms with Crippen LogP contribution in [0.3, 0.4) is 0 Å². The molecular formula is C16H12FN3O4. The van der Waals surface area contributed by atoms with Gasteiger partial charge >= 0.3 is 0 Å². The third kappa shape index (κ3) is 2.81. The number of benzene rings is 1. The molecule has 0 saturated carbocycles. The zero-order valence-electron chi connectivity index (χ0n) is 12.8. The fourth-order valence-corrected chi connectivity index (χ4v) is 2.21. The minimum Gasteiger partial charge on any atom is -0.495 e. The van der Waals surface area contributed by atoms with Gasteiger partial charge < -0.3 is 9.47 Å². The average molecular weight is 329 g/mol. The highest BCUT2D eigenvalue weighted by Crippen LogP contribution is 2.32. The Kier molecular flexibility index (Phi) is 3.95. The molecule has 0 unspecified atom stereocenters. The van der Waals surface area contributed by atoms with Crippen LogP contribution in [0.1, 0.15) is 5.69 Å². The number of nitro groups is 1. The molecule has 0 N–H and O–H groups in total. The number of aromatic nitrogens is 2. The molecule has 0 aliphatic rings. The van der Waals surface area contributed by atoms with E-state index < -0.39 is 10.7 Å². The molecule has 1 aromatic carbocycles. The van der Waals surface area contributed by atoms with Gasteiger partial charge in [-0.1, -0.05) is 0 Å². The Bertz CT molecular complexity index is 946. The standard InChI is InChI=1S/C16H12FN3O4/c1-9-15(23-2)8-12-16(19-9)14(5-6-18-12)24-13-4-3-10(20(21)22)7-11(13)17/h3-8H,1-2H3. The summed E-state index contributed by atoms with van der Waals surface area (Å²) in [5.74, 6) is -0.102. The first kappa shape index (κ1) is 15.6. The Hall–Kier alpha value is -3.29. The summed E-state index contributed by atoms with van der Waals surface area (Å²) in [7, 11) is 1.53. The topological polar surface area (TPSA) is 87.4 Å². The molecule has 2 heterocycles. The Morgan fingerprint density at radius 1 is 1.17 bits per heavy atom. The van der Waals surface area contributed by atoms with Crippen LogP contribution >= 0.6 is 0 Å². The molecule has 0 radical (unpaired) electrons. The second kappa shape index (κ2) is 6.07. The van der Waals surface area contributed by atoms with Crippen molar-refractivity contribution < 1.29 is 18.8 Å². The van der Waals surface area contributed by atoms with Crippen LogP contribution in [-0.2, 0) is 0 Å². The molecule has 0 spiro atoms. The van der Waals surface area contributed by atoms with E-state index in [-0.39, 0.29) is 11.4 Å². The van der Waals surface area contributed by atoms with Gasteiger partial charge in [0.1, 0.15) is 11.3 Å². The highest BCUT2D eigenvalue weighted by atomic mass is 19.1. The lowest BCUT2D eigenvalue weighted by atomic mass is 10.2. The SMILES string of the molecule is COc1cc2nccc(Oc3ccc([N+](=O)[O-])cc3F)c2nc1C. The van der Waals surface area contributed by atoms with Gasteiger partial charge in [0.05, 0.1) is 29.3 Å². The number of ether oxygens (including phenoxy) is 2. The van der Waals surface area contributed by atoms with Gasteiger partial charge in [-0.3, -0.25) is 15.1 Å². The van der Waals surface area contributed by atoms with E-state index in [0.29, 0.717) is 28.2 Å². The number of nitro benzene ring substituents is 1. The quantitative estimate of drug-likeness (QED) is 0.534. The van der Waals surface area contributed by atoms with Crippen molar-refractivity contribution in [1.29, 1.82) is 0 Å². The Labute approximate surface area is 135 Å². The summed E-state index contributed by atoms with van der Waals surface area (Å²) in [6, 6.07) is 6.43. The first-order valence-electron chi connectivity index (χ1n) is 6.91. The van der Waals surface area contributed by atoms with Gasteiger partial charge in [0.15, 0.2) is 17.3 Å². The number of non-ortho nitro benzene ring substituents is 1. The van der Waals surface area contributed by atoms with E-state index in [0.717, 1.165) is 6.07 Å². The summed E-state index contributed by atoms with van der Waals surface area (Å²) in [4.78, 5) is 18.6. The lowest BCUT2D eigenvalue weighted by molar-refractivity contribution is -0.385. The summed E-state index contributed by atoms with van der Waals surface area (Å²) < 4.78 is 24.8. The van der Waals surface area contributed by atoms with Gasteiger partial charge in [-0.2, -0.15) is 0 Å². The minimum atomic E-state index is -0.834. The molecule has 0 aliphatic carbocycles. The smallest absolute Gasteiger partial charge is 0.272 e. The van der Waals surface area contributed by atoms with Crippen molar-refractivity contribution in [2.24, 2.45) is 0 Å². The number of hydrogen-bond donors (Lipinski definition) is 0. The van der Waals surface area contributed by atoms with Crippen LogP contribution in [0.15, 0.2) is 36.5 Å². The number of pyridine rings is 2. The molecule has 0 fully saturated rings. The summed E-state index contributed by atoms with van der Waals surface area (Å²) in [6.07, 6.45) is 1.50. The summed E-state index contributed by atoms with van der Waals surface area (Å²) in [5.41, 5.74) is 1.25. The lowest BCUT2D eigenvalue weighted by Gasteiger charge is -2.10. The van der Waals surface area contributed by atoms with Crippen LogP contribution in [0.25, 0.3) is 11.0 Å². The van der Waals surface area contributed by atoms with Crippen LogP contribution in [-0.4, -0.2) is 22.0 Å². The van der Waals surface area contributed by atoms with Crippen molar-refractivity contribution in [3.8, 4) is 17.2 Å². The third-order valence-corrected chi connectivity index (χ3v) is 3.39. The van der Waals surface area contributed by atoms with E-state index in [1.54, 1.807) is 19.1 Å². The maximum absolute atomic E-state index is 14.0. The van der Waals surface area contributed by atoms with E-state index >= 15 is 0 Å². The first-order chi connectivity index (χ1) is 11.5. The first-order valence-corrected chi connectivity index (χ1v) is 6.91. The molecule has 3 aromatic rings. The van der Waals surface area contributed by atoms with Gasteiger partial charge in [-0.15, -0.1) is 0 Å². The van der Waals surface area contributed by atoms with Crippen LogP contribution in [0, 0.1) is 22.9 Å². The van der Waals surface area contributed by atoms with Gasteiger partial charge in [-0.25, -0.2) is 9.37 Å². The molecular weight excluding hydrogens is 317 g/mol. The van der Waals surface area contributed by atoms with Crippen molar-refractivity contribution in [1.82, 2.24) is 9.97 Å². The number of methoxy groups -OCH3 is 1. The van der Waals surface area contributed by atoms with Crippen molar-refractivity contribution in [2.45, 2.75) is 6.92 Å². The van der Waals surface area contributed by atoms with Crippen molar-refractivity contribution in [2.75, 3.05) is 7.11 Å². The van der Waals surface area contributed by atoms with Crippen molar-refractivity contribution in [3.63, 3.8) is 0 Å². The highest BCUT2D eigenvalue weighted by Gasteiger charge is 2.15. The molecule has 0 atom stereocenters. The summed E-state index contributed by atoms with van der Waals surface area (Å²) in [6.45, 7) is 1.77. The monoisotopic (exact) mass is 329 g/mol. The number of nitrogens with zero attached hydrogens (tertiary/aromatic N) is 3. The maximum atomic E-state index is 14.0. The molecule has 0 amide bonds. The molecule has 8 heteroatoms. The Morgan fingerprint density at radius 3 is 2.62 bits per heavy atom. The van der Waals surface area contributed by atoms with Crippen LogP contribution in [0.2, 0.25) is 0 Å². The molecule has 7 nitrogen and oxygen atoms in total. The molecule has 24 heavy (non-hydrogen) atoms. The third-order valence-electron chi connectivity index (χ3n) is 3.39. The van der Waals surface area contributed by atoms with Gasteiger partial charge in [0.25, 0.3) is 5.69 Å². The van der Waals surface area contributed by atoms with Gasteiger partial charge in [-0.05, 0) is 13.0 Å². The zero-order chi connectivity index (χ0) is 17.3. The lowest BCUT2D eigenvalue weighted by Crippen LogP contribution is -1.96. The van der Waals surface area contributed by atoms with Crippen LogP contribution < -0.4 is 9.47 Å². The molecule has 0 saturated heterocycles. The van der Waals surface area contributed by atoms with E-state index in [1.807, 2.05) is 0 Å². The summed E-state index contributed by atoms with van der Waals surface area (Å²) >= 11 is 0. The highest BCUT2D eigenvalue weighted by molar-refractivity contribution is 5.82. The molecule has 2 aromatic heterocycles. The second-order valence-corrected chi connectivity index (χ2v) is 4.93. The van der Waals surface area contributed by atoms with Crippen LogP contribution in [0.5, 0.6) is 17.2 Å². The zero-order valence-corrected chi connectivity index (χ0v) is 12.8. The van der Waals surface area contributed by atoms with Crippen molar-refractivity contribution >= 4 is 16.7 Å². The normalized spacial score (nSPS) is 10.6. The maximum Gasteiger partial charge on any atom is 0.272 e. The fourth-order valence-electron chi connectivity index (χ4n) is 2.21. The second-order valence-electron chi connectivity index (χ2n) is 4.93. The van der Waals surface area contributed by atoms with Gasteiger partial charge in [0, 0.05) is 24.4 Å². The Balaban J connectivity index is 2.04. The van der Waals surface area contributed by atoms with Gasteiger partial charge in [0.2, 0.25) is 0 Å². The predicted octanol–water partition coefficient (Wildman–Crippen LogP) is 3.79. The van der Waals surface area contributed by atoms with E-state index in [9.17, 15) is 14.5 Å². The molecule has 3 rings (SSSR count). The molecule has 122 valence electrons. The van der Waals surface area contributed by atoms with E-state index in [2.05, 4.69) is 9.97 Å². The predicted molar refractivity (Wildman–Crippen MR) is 84.0 cm³/mol. The largest absolute Gasteiger partial charge is 0.495 e. The minimum absolute atomic E-state index is 0.136. The number of fused-ring (bicyclic) bond motifs is 1.